The average Bonchev–Trinajstić information content (AvgIpc) is 2.93. The molecule has 182 valence electrons. The molecular weight excluding hydrogens is 446 g/mol. The van der Waals surface area contributed by atoms with Gasteiger partial charge in [0, 0.05) is 35.9 Å². The third-order valence-electron chi connectivity index (χ3n) is 6.45. The normalized spacial score (nSPS) is 12.9. The molecule has 0 spiro atoms. The molecule has 5 rings (SSSR count). The van der Waals surface area contributed by atoms with Gasteiger partial charge in [-0.3, -0.25) is 9.78 Å². The van der Waals surface area contributed by atoms with E-state index >= 15 is 0 Å². The molecule has 3 aromatic carbocycles. The van der Waals surface area contributed by atoms with Gasteiger partial charge in [-0.25, -0.2) is 0 Å². The first-order valence-corrected chi connectivity index (χ1v) is 12.6. The number of carbonyl (C=O) groups excluding carboxylic acids is 1. The standard InChI is InChI=1S/C31H31N3O2/c35-30(19-16-23-14-17-25(18-15-23)36-22-24-8-2-1-3-9-24)32-20-21-33-31-26-10-4-6-12-28(26)34-29-13-7-5-11-27(29)31/h1-4,6,8-10,12,14-19H,5,7,11,13,20-22H2,(H,32,35)(H,33,34)/b19-16+. The van der Waals surface area contributed by atoms with Crippen molar-refractivity contribution in [3.63, 3.8) is 0 Å². The smallest absolute Gasteiger partial charge is 0.244 e. The number of para-hydroxylation sites is 1. The van der Waals surface area contributed by atoms with Gasteiger partial charge in [0.1, 0.15) is 12.4 Å². The number of aryl methyl sites for hydroxylation is 1. The number of nitrogens with one attached hydrogen (secondary N) is 2. The Labute approximate surface area is 212 Å². The highest BCUT2D eigenvalue weighted by Crippen LogP contribution is 2.33. The summed E-state index contributed by atoms with van der Waals surface area (Å²) in [6.07, 6.45) is 7.88. The Kier molecular flexibility index (Phi) is 7.57. The molecule has 1 aliphatic rings. The molecule has 5 heteroatoms. The third-order valence-corrected chi connectivity index (χ3v) is 6.45. The van der Waals surface area contributed by atoms with Gasteiger partial charge in [-0.15, -0.1) is 0 Å². The molecule has 0 bridgehead atoms. The summed E-state index contributed by atoms with van der Waals surface area (Å²) < 4.78 is 5.82. The van der Waals surface area contributed by atoms with Gasteiger partial charge < -0.3 is 15.4 Å². The van der Waals surface area contributed by atoms with Crippen LogP contribution in [0, 0.1) is 0 Å². The zero-order valence-corrected chi connectivity index (χ0v) is 20.4. The van der Waals surface area contributed by atoms with Crippen molar-refractivity contribution >= 4 is 28.6 Å². The van der Waals surface area contributed by atoms with E-state index in [2.05, 4.69) is 28.8 Å². The lowest BCUT2D eigenvalue weighted by Gasteiger charge is -2.21. The maximum atomic E-state index is 12.3. The molecule has 1 heterocycles. The van der Waals surface area contributed by atoms with Crippen molar-refractivity contribution in [1.29, 1.82) is 0 Å². The van der Waals surface area contributed by atoms with Crippen LogP contribution >= 0.6 is 0 Å². The molecule has 1 amide bonds. The van der Waals surface area contributed by atoms with E-state index in [9.17, 15) is 4.79 Å². The van der Waals surface area contributed by atoms with Crippen molar-refractivity contribution in [2.45, 2.75) is 32.3 Å². The van der Waals surface area contributed by atoms with Crippen LogP contribution in [0.5, 0.6) is 5.75 Å². The largest absolute Gasteiger partial charge is 0.489 e. The van der Waals surface area contributed by atoms with Crippen LogP contribution in [0.2, 0.25) is 0 Å². The summed E-state index contributed by atoms with van der Waals surface area (Å²) in [7, 11) is 0. The second kappa shape index (κ2) is 11.5. The molecule has 0 saturated carbocycles. The number of nitrogens with zero attached hydrogens (tertiary/aromatic N) is 1. The molecule has 1 aromatic heterocycles. The van der Waals surface area contributed by atoms with Crippen LogP contribution in [-0.4, -0.2) is 24.0 Å². The van der Waals surface area contributed by atoms with Crippen LogP contribution in [0.4, 0.5) is 5.69 Å². The van der Waals surface area contributed by atoms with Crippen molar-refractivity contribution in [3.8, 4) is 5.75 Å². The van der Waals surface area contributed by atoms with Crippen LogP contribution in [0.15, 0.2) is 84.9 Å². The van der Waals surface area contributed by atoms with Gasteiger partial charge in [0.2, 0.25) is 5.91 Å². The van der Waals surface area contributed by atoms with Gasteiger partial charge in [-0.05, 0) is 66.6 Å². The second-order valence-corrected chi connectivity index (χ2v) is 9.03. The monoisotopic (exact) mass is 477 g/mol. The molecule has 0 radical (unpaired) electrons. The van der Waals surface area contributed by atoms with Gasteiger partial charge in [-0.2, -0.15) is 0 Å². The van der Waals surface area contributed by atoms with E-state index in [-0.39, 0.29) is 5.91 Å². The van der Waals surface area contributed by atoms with Crippen LogP contribution in [0.3, 0.4) is 0 Å². The predicted octanol–water partition coefficient (Wildman–Crippen LogP) is 5.93. The maximum absolute atomic E-state index is 12.3. The molecule has 4 aromatic rings. The Morgan fingerprint density at radius 3 is 2.53 bits per heavy atom. The molecule has 1 aliphatic carbocycles. The summed E-state index contributed by atoms with van der Waals surface area (Å²) in [5, 5.41) is 7.71. The van der Waals surface area contributed by atoms with E-state index in [1.54, 1.807) is 6.08 Å². The zero-order chi connectivity index (χ0) is 24.6. The van der Waals surface area contributed by atoms with E-state index < -0.39 is 0 Å². The van der Waals surface area contributed by atoms with E-state index in [4.69, 9.17) is 9.72 Å². The Hall–Kier alpha value is -4.12. The van der Waals surface area contributed by atoms with E-state index in [1.807, 2.05) is 66.7 Å². The summed E-state index contributed by atoms with van der Waals surface area (Å²) in [4.78, 5) is 17.2. The van der Waals surface area contributed by atoms with Crippen LogP contribution in [0.1, 0.15) is 35.2 Å². The molecule has 0 saturated heterocycles. The van der Waals surface area contributed by atoms with E-state index in [0.29, 0.717) is 19.7 Å². The van der Waals surface area contributed by atoms with Crippen molar-refractivity contribution < 1.29 is 9.53 Å². The van der Waals surface area contributed by atoms with Gasteiger partial charge in [-0.1, -0.05) is 60.7 Å². The van der Waals surface area contributed by atoms with Crippen LogP contribution in [0.25, 0.3) is 17.0 Å². The van der Waals surface area contributed by atoms with Gasteiger partial charge in [0.05, 0.1) is 5.52 Å². The number of ether oxygens (including phenoxy) is 1. The van der Waals surface area contributed by atoms with Crippen LogP contribution < -0.4 is 15.4 Å². The number of aromatic nitrogens is 1. The fourth-order valence-electron chi connectivity index (χ4n) is 4.59. The summed E-state index contributed by atoms with van der Waals surface area (Å²) in [5.41, 5.74) is 6.84. The summed E-state index contributed by atoms with van der Waals surface area (Å²) >= 11 is 0. The SMILES string of the molecule is O=C(/C=C/c1ccc(OCc2ccccc2)cc1)NCCNc1c2c(nc3ccccc13)CCCC2. The Balaban J connectivity index is 1.11. The van der Waals surface area contributed by atoms with E-state index in [1.165, 1.54) is 29.8 Å². The molecule has 0 fully saturated rings. The predicted molar refractivity (Wildman–Crippen MR) is 146 cm³/mol. The number of pyridine rings is 1. The van der Waals surface area contributed by atoms with Crippen molar-refractivity contribution in [1.82, 2.24) is 10.3 Å². The molecule has 0 unspecified atom stereocenters. The zero-order valence-electron chi connectivity index (χ0n) is 20.4. The highest BCUT2D eigenvalue weighted by Gasteiger charge is 2.17. The Morgan fingerprint density at radius 2 is 1.67 bits per heavy atom. The lowest BCUT2D eigenvalue weighted by molar-refractivity contribution is -0.116. The molecule has 2 N–H and O–H groups in total. The molecular formula is C31H31N3O2. The maximum Gasteiger partial charge on any atom is 0.244 e. The number of fused-ring (bicyclic) bond motifs is 2. The lowest BCUT2D eigenvalue weighted by Crippen LogP contribution is -2.27. The molecule has 0 atom stereocenters. The highest BCUT2D eigenvalue weighted by atomic mass is 16.5. The molecule has 0 aliphatic heterocycles. The average molecular weight is 478 g/mol. The fraction of sp³-hybridized carbons (Fsp3) is 0.226. The number of hydrogen-bond acceptors (Lipinski definition) is 4. The summed E-state index contributed by atoms with van der Waals surface area (Å²) in [5.74, 6) is 0.695. The fourth-order valence-corrected chi connectivity index (χ4v) is 4.59. The topological polar surface area (TPSA) is 63.2 Å². The number of benzene rings is 3. The molecule has 36 heavy (non-hydrogen) atoms. The van der Waals surface area contributed by atoms with Crippen molar-refractivity contribution in [2.75, 3.05) is 18.4 Å². The third kappa shape index (κ3) is 5.92. The minimum Gasteiger partial charge on any atom is -0.489 e. The Bertz CT molecular complexity index is 1350. The summed E-state index contributed by atoms with van der Waals surface area (Å²) in [6.45, 7) is 1.74. The van der Waals surface area contributed by atoms with Gasteiger partial charge >= 0.3 is 0 Å². The number of carbonyl (C=O) groups is 1. The minimum atomic E-state index is -0.109. The minimum absolute atomic E-state index is 0.109. The number of anilines is 1. The first-order chi connectivity index (χ1) is 17.8. The number of rotatable bonds is 9. The highest BCUT2D eigenvalue weighted by molar-refractivity contribution is 5.94. The van der Waals surface area contributed by atoms with Gasteiger partial charge in [0.15, 0.2) is 0 Å². The Morgan fingerprint density at radius 1 is 0.889 bits per heavy atom. The first kappa shape index (κ1) is 23.6. The van der Waals surface area contributed by atoms with Crippen molar-refractivity contribution in [2.24, 2.45) is 0 Å². The lowest BCUT2D eigenvalue weighted by atomic mass is 9.92. The van der Waals surface area contributed by atoms with Crippen LogP contribution in [-0.2, 0) is 24.2 Å². The van der Waals surface area contributed by atoms with Gasteiger partial charge in [0.25, 0.3) is 0 Å². The quantitative estimate of drug-likeness (QED) is 0.232. The van der Waals surface area contributed by atoms with Crippen molar-refractivity contribution in [3.05, 3.63) is 107 Å². The molecule has 5 nitrogen and oxygen atoms in total. The summed E-state index contributed by atoms with van der Waals surface area (Å²) in [6, 6.07) is 26.1. The number of hydrogen-bond donors (Lipinski definition) is 2. The first-order valence-electron chi connectivity index (χ1n) is 12.6. The van der Waals surface area contributed by atoms with E-state index in [0.717, 1.165) is 40.6 Å². The number of amides is 1. The second-order valence-electron chi connectivity index (χ2n) is 9.03.